The Kier molecular flexibility index (Phi) is 8.44. The molecule has 3 N–H and O–H groups in total. The number of hydrogen-bond acceptors (Lipinski definition) is 4. The van der Waals surface area contributed by atoms with Crippen LogP contribution in [-0.2, 0) is 21.5 Å². The SMILES string of the molecule is O=C(Nc1ccc(C2CCCCC2)cc1)C1=C(O)C(Cc2cn(C(c3ccccc3)(c3ccccc3)c3ccccc3)cn2)NC1=O. The Balaban J connectivity index is 1.15. The highest BCUT2D eigenvalue weighted by atomic mass is 16.3. The molecule has 1 aliphatic heterocycles. The minimum absolute atomic E-state index is 0.214. The molecule has 0 saturated heterocycles. The predicted molar refractivity (Wildman–Crippen MR) is 183 cm³/mol. The van der Waals surface area contributed by atoms with Crippen LogP contribution in [0, 0.1) is 0 Å². The molecule has 0 radical (unpaired) electrons. The lowest BCUT2D eigenvalue weighted by Gasteiger charge is -2.37. The van der Waals surface area contributed by atoms with Crippen LogP contribution < -0.4 is 10.6 Å². The number of hydrogen-bond donors (Lipinski definition) is 3. The topological polar surface area (TPSA) is 96.2 Å². The smallest absolute Gasteiger partial charge is 0.264 e. The molecular formula is C40H38N4O3. The number of aliphatic hydroxyl groups is 1. The summed E-state index contributed by atoms with van der Waals surface area (Å²) in [6.07, 6.45) is 10.1. The van der Waals surface area contributed by atoms with Gasteiger partial charge in [-0.05, 0) is 53.1 Å². The molecule has 7 nitrogen and oxygen atoms in total. The van der Waals surface area contributed by atoms with Gasteiger partial charge >= 0.3 is 0 Å². The minimum atomic E-state index is -0.778. The van der Waals surface area contributed by atoms with Crippen molar-refractivity contribution in [3.05, 3.63) is 167 Å². The number of rotatable bonds is 9. The summed E-state index contributed by atoms with van der Waals surface area (Å²) in [5.41, 5.74) is 4.70. The molecule has 1 saturated carbocycles. The zero-order chi connectivity index (χ0) is 32.2. The number of nitrogens with one attached hydrogen (secondary N) is 2. The number of benzene rings is 4. The fourth-order valence-corrected chi connectivity index (χ4v) is 7.27. The largest absolute Gasteiger partial charge is 0.509 e. The molecular weight excluding hydrogens is 584 g/mol. The van der Waals surface area contributed by atoms with Crippen LogP contribution in [0.15, 0.2) is 139 Å². The van der Waals surface area contributed by atoms with Crippen molar-refractivity contribution in [1.29, 1.82) is 0 Å². The van der Waals surface area contributed by atoms with Crippen LogP contribution in [0.25, 0.3) is 0 Å². The number of carbonyl (C=O) groups excluding carboxylic acids is 2. The number of amides is 2. The van der Waals surface area contributed by atoms with E-state index in [1.807, 2.05) is 85.1 Å². The molecule has 0 spiro atoms. The number of imidazole rings is 1. The van der Waals surface area contributed by atoms with E-state index in [4.69, 9.17) is 4.98 Å². The second-order valence-electron chi connectivity index (χ2n) is 12.5. The summed E-state index contributed by atoms with van der Waals surface area (Å²) in [6, 6.07) is 37.9. The second kappa shape index (κ2) is 13.1. The van der Waals surface area contributed by atoms with Crippen LogP contribution in [0.2, 0.25) is 0 Å². The molecule has 2 aliphatic rings. The normalized spacial score (nSPS) is 17.0. The van der Waals surface area contributed by atoms with Crippen molar-refractivity contribution in [2.45, 2.75) is 56.0 Å². The number of nitrogens with zero attached hydrogens (tertiary/aromatic N) is 2. The molecule has 2 amide bonds. The van der Waals surface area contributed by atoms with Gasteiger partial charge < -0.3 is 20.3 Å². The van der Waals surface area contributed by atoms with Crippen molar-refractivity contribution >= 4 is 17.5 Å². The number of aliphatic hydroxyl groups excluding tert-OH is 1. The molecule has 1 aliphatic carbocycles. The lowest BCUT2D eigenvalue weighted by molar-refractivity contribution is -0.120. The van der Waals surface area contributed by atoms with Crippen molar-refractivity contribution in [2.24, 2.45) is 0 Å². The Hall–Kier alpha value is -5.43. The number of aromatic nitrogens is 2. The van der Waals surface area contributed by atoms with E-state index in [9.17, 15) is 14.7 Å². The molecule has 47 heavy (non-hydrogen) atoms. The molecule has 1 aromatic heterocycles. The highest BCUT2D eigenvalue weighted by Crippen LogP contribution is 2.41. The first-order chi connectivity index (χ1) is 23.0. The lowest BCUT2D eigenvalue weighted by Crippen LogP contribution is -2.37. The number of anilines is 1. The lowest BCUT2D eigenvalue weighted by atomic mass is 9.77. The van der Waals surface area contributed by atoms with Crippen molar-refractivity contribution in [3.8, 4) is 0 Å². The Morgan fingerprint density at radius 3 is 1.91 bits per heavy atom. The molecule has 4 aromatic carbocycles. The van der Waals surface area contributed by atoms with E-state index in [0.717, 1.165) is 16.7 Å². The van der Waals surface area contributed by atoms with Gasteiger partial charge in [0.1, 0.15) is 16.9 Å². The van der Waals surface area contributed by atoms with Crippen molar-refractivity contribution < 1.29 is 14.7 Å². The highest BCUT2D eigenvalue weighted by molar-refractivity contribution is 6.24. The molecule has 0 bridgehead atoms. The third-order valence-corrected chi connectivity index (χ3v) is 9.60. The standard InChI is InChI=1S/C40H38N4O3/c45-37-35(43-39(47)36(37)38(46)42-33-23-21-29(22-24-33)28-13-5-1-6-14-28)25-34-26-44(27-41-34)40(30-15-7-2-8-16-30,31-17-9-3-10-18-31)32-19-11-4-12-20-32/h2-4,7-12,15-24,26-28,35,45H,1,5-6,13-14,25H2,(H,42,46)(H,43,47). The van der Waals surface area contributed by atoms with Gasteiger partial charge in [-0.1, -0.05) is 122 Å². The Bertz CT molecular complexity index is 1780. The summed E-state index contributed by atoms with van der Waals surface area (Å²) >= 11 is 0. The fourth-order valence-electron chi connectivity index (χ4n) is 7.27. The molecule has 1 atom stereocenters. The summed E-state index contributed by atoms with van der Waals surface area (Å²) in [7, 11) is 0. The van der Waals surface area contributed by atoms with Crippen LogP contribution in [0.3, 0.4) is 0 Å². The van der Waals surface area contributed by atoms with E-state index < -0.39 is 23.4 Å². The first-order valence-electron chi connectivity index (χ1n) is 16.4. The average molecular weight is 623 g/mol. The maximum Gasteiger partial charge on any atom is 0.264 e. The molecule has 7 heteroatoms. The molecule has 7 rings (SSSR count). The van der Waals surface area contributed by atoms with E-state index in [1.165, 1.54) is 37.7 Å². The van der Waals surface area contributed by atoms with Crippen molar-refractivity contribution in [2.75, 3.05) is 5.32 Å². The van der Waals surface area contributed by atoms with Crippen LogP contribution in [0.1, 0.15) is 66.0 Å². The van der Waals surface area contributed by atoms with Crippen LogP contribution in [0.5, 0.6) is 0 Å². The summed E-state index contributed by atoms with van der Waals surface area (Å²) in [5.74, 6) is -0.949. The van der Waals surface area contributed by atoms with Crippen molar-refractivity contribution in [3.63, 3.8) is 0 Å². The molecule has 5 aromatic rings. The van der Waals surface area contributed by atoms with Gasteiger partial charge in [0.25, 0.3) is 11.8 Å². The summed E-state index contributed by atoms with van der Waals surface area (Å²) in [5, 5.41) is 16.7. The number of carbonyl (C=O) groups is 2. The Morgan fingerprint density at radius 1 is 0.809 bits per heavy atom. The Morgan fingerprint density at radius 2 is 1.36 bits per heavy atom. The van der Waals surface area contributed by atoms with E-state index in [2.05, 4.69) is 51.6 Å². The van der Waals surface area contributed by atoms with Crippen LogP contribution in [-0.4, -0.2) is 32.5 Å². The van der Waals surface area contributed by atoms with E-state index in [-0.39, 0.29) is 17.8 Å². The summed E-state index contributed by atoms with van der Waals surface area (Å²) in [4.78, 5) is 30.9. The van der Waals surface area contributed by atoms with Gasteiger partial charge in [-0.25, -0.2) is 4.98 Å². The summed E-state index contributed by atoms with van der Waals surface area (Å²) in [6.45, 7) is 0. The molecule has 1 unspecified atom stereocenters. The van der Waals surface area contributed by atoms with Crippen LogP contribution >= 0.6 is 0 Å². The zero-order valence-corrected chi connectivity index (χ0v) is 26.2. The van der Waals surface area contributed by atoms with Gasteiger partial charge in [0.2, 0.25) is 0 Å². The maximum absolute atomic E-state index is 13.2. The van der Waals surface area contributed by atoms with E-state index >= 15 is 0 Å². The van der Waals surface area contributed by atoms with Crippen molar-refractivity contribution in [1.82, 2.24) is 14.9 Å². The summed E-state index contributed by atoms with van der Waals surface area (Å²) < 4.78 is 2.09. The predicted octanol–water partition coefficient (Wildman–Crippen LogP) is 7.26. The van der Waals surface area contributed by atoms with Gasteiger partial charge in [-0.3, -0.25) is 9.59 Å². The van der Waals surface area contributed by atoms with Crippen LogP contribution in [0.4, 0.5) is 5.69 Å². The molecule has 1 fully saturated rings. The quantitative estimate of drug-likeness (QED) is 0.119. The third kappa shape index (κ3) is 5.85. The highest BCUT2D eigenvalue weighted by Gasteiger charge is 2.40. The fraction of sp³-hybridized carbons (Fsp3) is 0.225. The monoisotopic (exact) mass is 622 g/mol. The molecule has 236 valence electrons. The Labute approximate surface area is 275 Å². The van der Waals surface area contributed by atoms with Gasteiger partial charge in [0.15, 0.2) is 0 Å². The van der Waals surface area contributed by atoms with E-state index in [0.29, 0.717) is 17.3 Å². The average Bonchev–Trinajstić information content (AvgIpc) is 3.70. The third-order valence-electron chi connectivity index (χ3n) is 9.60. The first-order valence-corrected chi connectivity index (χ1v) is 16.4. The van der Waals surface area contributed by atoms with Gasteiger partial charge in [-0.15, -0.1) is 0 Å². The maximum atomic E-state index is 13.2. The van der Waals surface area contributed by atoms with Gasteiger partial charge in [-0.2, -0.15) is 0 Å². The van der Waals surface area contributed by atoms with Gasteiger partial charge in [0.05, 0.1) is 18.1 Å². The zero-order valence-electron chi connectivity index (χ0n) is 26.2. The second-order valence-corrected chi connectivity index (χ2v) is 12.5. The minimum Gasteiger partial charge on any atom is -0.509 e. The first kappa shape index (κ1) is 30.2. The van der Waals surface area contributed by atoms with E-state index in [1.54, 1.807) is 6.33 Å². The van der Waals surface area contributed by atoms with Gasteiger partial charge in [0, 0.05) is 18.3 Å². The molecule has 2 heterocycles.